The zero-order chi connectivity index (χ0) is 24.4. The predicted octanol–water partition coefficient (Wildman–Crippen LogP) is 2.86. The van der Waals surface area contributed by atoms with E-state index in [1.54, 1.807) is 27.9 Å². The van der Waals surface area contributed by atoms with E-state index in [9.17, 15) is 18.8 Å². The lowest BCUT2D eigenvalue weighted by Gasteiger charge is -2.32. The number of carbonyl (C=O) groups is 3. The average Bonchev–Trinajstić information content (AvgIpc) is 3.42. The van der Waals surface area contributed by atoms with Crippen LogP contribution in [0.3, 0.4) is 0 Å². The van der Waals surface area contributed by atoms with Crippen LogP contribution in [0.4, 0.5) is 4.39 Å². The lowest BCUT2D eigenvalue weighted by molar-refractivity contribution is -0.115. The highest BCUT2D eigenvalue weighted by atomic mass is 32.1. The second-order valence-electron chi connectivity index (χ2n) is 8.89. The predicted molar refractivity (Wildman–Crippen MR) is 127 cm³/mol. The van der Waals surface area contributed by atoms with Crippen molar-refractivity contribution in [2.24, 2.45) is 10.2 Å². The molecule has 9 nitrogen and oxygen atoms in total. The van der Waals surface area contributed by atoms with Gasteiger partial charge in [0.15, 0.2) is 0 Å². The molecule has 1 aromatic heterocycles. The number of nitrogens with one attached hydrogen (secondary N) is 2. The van der Waals surface area contributed by atoms with Crippen molar-refractivity contribution in [3.05, 3.63) is 63.0 Å². The lowest BCUT2D eigenvalue weighted by Crippen LogP contribution is -2.46. The number of amides is 3. The number of rotatable bonds is 5. The number of benzene rings is 1. The summed E-state index contributed by atoms with van der Waals surface area (Å²) in [6.45, 7) is 1.77. The summed E-state index contributed by atoms with van der Waals surface area (Å²) in [5.74, 6) is -1.49. The van der Waals surface area contributed by atoms with Crippen molar-refractivity contribution in [3.63, 3.8) is 0 Å². The summed E-state index contributed by atoms with van der Waals surface area (Å²) in [5.41, 5.74) is 4.21. The van der Waals surface area contributed by atoms with Crippen LogP contribution in [0.25, 0.3) is 0 Å². The molecular weight excluding hydrogens is 471 g/mol. The molecule has 0 aliphatic carbocycles. The Morgan fingerprint density at radius 1 is 1.26 bits per heavy atom. The first kappa shape index (κ1) is 23.3. The Labute approximate surface area is 205 Å². The van der Waals surface area contributed by atoms with Crippen LogP contribution in [-0.4, -0.2) is 59.3 Å². The Kier molecular flexibility index (Phi) is 6.67. The number of hydrogen-bond acceptors (Lipinski definition) is 7. The van der Waals surface area contributed by atoms with Crippen molar-refractivity contribution >= 4 is 29.1 Å². The fourth-order valence-electron chi connectivity index (χ4n) is 4.72. The number of nitrogens with zero attached hydrogens (tertiary/aromatic N) is 4. The quantitative estimate of drug-likeness (QED) is 0.660. The maximum atomic E-state index is 14.6. The summed E-state index contributed by atoms with van der Waals surface area (Å²) in [6, 6.07) is 3.95. The Morgan fingerprint density at radius 3 is 2.86 bits per heavy atom. The van der Waals surface area contributed by atoms with Gasteiger partial charge in [-0.15, -0.1) is 16.5 Å². The molecule has 4 heterocycles. The molecular formula is C24H25FN6O3S. The number of thiazole rings is 1. The van der Waals surface area contributed by atoms with Gasteiger partial charge in [-0.05, 0) is 43.4 Å². The molecule has 35 heavy (non-hydrogen) atoms. The number of carbonyl (C=O) groups excluding carboxylic acids is 3. The molecule has 2 aromatic rings. The molecule has 1 fully saturated rings. The van der Waals surface area contributed by atoms with Crippen molar-refractivity contribution < 1.29 is 18.8 Å². The number of halogens is 1. The van der Waals surface area contributed by atoms with Crippen LogP contribution in [-0.2, 0) is 11.2 Å². The number of aromatic nitrogens is 1. The standard InChI is InChI=1S/C24H25FN6O3S/c25-18-4-3-14(11-19-21-16(2-1-7-26-21)23(33)30-29-19)10-17(18)22(32)28-15-5-8-31(9-6-15)24(34)20-12-35-13-27-20/h3-4,10,12-13,15,19,26H,1-2,5-9,11H2,(H,28,32). The van der Waals surface area contributed by atoms with Gasteiger partial charge in [-0.2, -0.15) is 5.11 Å². The van der Waals surface area contributed by atoms with Gasteiger partial charge in [-0.25, -0.2) is 9.37 Å². The van der Waals surface area contributed by atoms with E-state index in [-0.39, 0.29) is 29.5 Å². The fraction of sp³-hybridized carbons (Fsp3) is 0.417. The molecule has 1 unspecified atom stereocenters. The smallest absolute Gasteiger partial charge is 0.292 e. The van der Waals surface area contributed by atoms with Crippen LogP contribution in [0.15, 0.2) is 50.6 Å². The summed E-state index contributed by atoms with van der Waals surface area (Å²) in [6.07, 6.45) is 3.11. The minimum atomic E-state index is -0.599. The first-order valence-corrected chi connectivity index (χ1v) is 12.6. The molecule has 3 aliphatic rings. The Bertz CT molecular complexity index is 1200. The molecule has 0 spiro atoms. The second-order valence-corrected chi connectivity index (χ2v) is 9.61. The number of hydrogen-bond donors (Lipinski definition) is 2. The van der Waals surface area contributed by atoms with Gasteiger partial charge < -0.3 is 15.5 Å². The molecule has 1 aromatic carbocycles. The number of azo groups is 1. The maximum Gasteiger partial charge on any atom is 0.292 e. The van der Waals surface area contributed by atoms with Crippen molar-refractivity contribution in [1.29, 1.82) is 0 Å². The first-order chi connectivity index (χ1) is 17.0. The van der Waals surface area contributed by atoms with E-state index in [0.717, 1.165) is 24.2 Å². The van der Waals surface area contributed by atoms with E-state index < -0.39 is 11.7 Å². The third-order valence-electron chi connectivity index (χ3n) is 6.60. The van der Waals surface area contributed by atoms with Crippen molar-refractivity contribution in [2.75, 3.05) is 19.6 Å². The van der Waals surface area contributed by atoms with Gasteiger partial charge in [-0.1, -0.05) is 6.07 Å². The normalized spacial score (nSPS) is 20.4. The van der Waals surface area contributed by atoms with Crippen LogP contribution >= 0.6 is 11.3 Å². The largest absolute Gasteiger partial charge is 0.386 e. The number of likely N-dealkylation sites (tertiary alicyclic amines) is 1. The number of piperidine rings is 1. The van der Waals surface area contributed by atoms with E-state index in [1.165, 1.54) is 17.4 Å². The molecule has 2 N–H and O–H groups in total. The minimum absolute atomic E-state index is 0.0295. The van der Waals surface area contributed by atoms with Gasteiger partial charge >= 0.3 is 0 Å². The molecule has 11 heteroatoms. The van der Waals surface area contributed by atoms with Crippen LogP contribution in [0, 0.1) is 5.82 Å². The van der Waals surface area contributed by atoms with Crippen LogP contribution in [0.1, 0.15) is 52.1 Å². The van der Waals surface area contributed by atoms with Crippen molar-refractivity contribution in [3.8, 4) is 0 Å². The molecule has 3 aliphatic heterocycles. The van der Waals surface area contributed by atoms with Gasteiger partial charge in [0.25, 0.3) is 17.7 Å². The Hall–Kier alpha value is -3.47. The van der Waals surface area contributed by atoms with Crippen LogP contribution < -0.4 is 10.6 Å². The van der Waals surface area contributed by atoms with Gasteiger partial charge in [0, 0.05) is 48.7 Å². The third kappa shape index (κ3) is 5.00. The van der Waals surface area contributed by atoms with Gasteiger partial charge in [0.1, 0.15) is 17.6 Å². The van der Waals surface area contributed by atoms with Crippen LogP contribution in [0.2, 0.25) is 0 Å². The molecule has 182 valence electrons. The summed E-state index contributed by atoms with van der Waals surface area (Å²) >= 11 is 1.37. The summed E-state index contributed by atoms with van der Waals surface area (Å²) in [7, 11) is 0. The Balaban J connectivity index is 1.22. The van der Waals surface area contributed by atoms with E-state index in [1.807, 2.05) is 0 Å². The van der Waals surface area contributed by atoms with Crippen LogP contribution in [0.5, 0.6) is 0 Å². The SMILES string of the molecule is O=C1N=NC(Cc2ccc(F)c(C(=O)NC3CCN(C(=O)c4cscn4)CC3)c2)C2=C1CCCN2. The fourth-order valence-corrected chi connectivity index (χ4v) is 5.25. The Morgan fingerprint density at radius 2 is 2.09 bits per heavy atom. The molecule has 1 atom stereocenters. The highest BCUT2D eigenvalue weighted by Gasteiger charge is 2.30. The summed E-state index contributed by atoms with van der Waals surface area (Å²) in [4.78, 5) is 43.2. The summed E-state index contributed by atoms with van der Waals surface area (Å²) < 4.78 is 14.6. The van der Waals surface area contributed by atoms with Gasteiger partial charge in [0.2, 0.25) is 0 Å². The lowest BCUT2D eigenvalue weighted by atomic mass is 9.93. The van der Waals surface area contributed by atoms with Gasteiger partial charge in [-0.3, -0.25) is 14.4 Å². The van der Waals surface area contributed by atoms with E-state index in [4.69, 9.17) is 0 Å². The maximum absolute atomic E-state index is 14.6. The zero-order valence-electron chi connectivity index (χ0n) is 19.0. The molecule has 3 amide bonds. The van der Waals surface area contributed by atoms with E-state index in [0.29, 0.717) is 50.0 Å². The average molecular weight is 497 g/mol. The molecule has 0 radical (unpaired) electrons. The second kappa shape index (κ2) is 10.0. The molecule has 0 saturated carbocycles. The first-order valence-electron chi connectivity index (χ1n) is 11.7. The molecule has 1 saturated heterocycles. The minimum Gasteiger partial charge on any atom is -0.386 e. The molecule has 5 rings (SSSR count). The van der Waals surface area contributed by atoms with Gasteiger partial charge in [0.05, 0.1) is 11.1 Å². The monoisotopic (exact) mass is 496 g/mol. The highest BCUT2D eigenvalue weighted by Crippen LogP contribution is 2.27. The third-order valence-corrected chi connectivity index (χ3v) is 7.18. The van der Waals surface area contributed by atoms with Crippen molar-refractivity contribution in [2.45, 2.75) is 44.2 Å². The highest BCUT2D eigenvalue weighted by molar-refractivity contribution is 7.07. The molecule has 0 bridgehead atoms. The topological polar surface area (TPSA) is 116 Å². The zero-order valence-corrected chi connectivity index (χ0v) is 19.8. The summed E-state index contributed by atoms with van der Waals surface area (Å²) in [5, 5.41) is 15.8. The van der Waals surface area contributed by atoms with Crippen molar-refractivity contribution in [1.82, 2.24) is 20.5 Å². The van der Waals surface area contributed by atoms with E-state index in [2.05, 4.69) is 25.8 Å². The van der Waals surface area contributed by atoms with E-state index >= 15 is 0 Å².